The molecule has 0 aromatic rings. The van der Waals surface area contributed by atoms with Gasteiger partial charge in [-0.15, -0.1) is 0 Å². The molecule has 0 aliphatic rings. The minimum atomic E-state index is -2.38. The highest BCUT2D eigenvalue weighted by Crippen LogP contribution is 2.14. The van der Waals surface area contributed by atoms with E-state index in [-0.39, 0.29) is 13.0 Å². The van der Waals surface area contributed by atoms with Gasteiger partial charge in [-0.25, -0.2) is 0 Å². The number of carbonyl (C=O) groups is 2. The van der Waals surface area contributed by atoms with Crippen molar-refractivity contribution in [2.75, 3.05) is 27.6 Å². The summed E-state index contributed by atoms with van der Waals surface area (Å²) in [6, 6.07) is 0. The summed E-state index contributed by atoms with van der Waals surface area (Å²) in [5.74, 6) is -2.14. The summed E-state index contributed by atoms with van der Waals surface area (Å²) in [5, 5.41) is 21.1. The summed E-state index contributed by atoms with van der Waals surface area (Å²) in [7, 11) is 2.85. The number of aliphatic hydroxyl groups excluding tert-OH is 1. The summed E-state index contributed by atoms with van der Waals surface area (Å²) in [5.41, 5.74) is 0. The van der Waals surface area contributed by atoms with E-state index in [4.69, 9.17) is 8.85 Å². The number of rotatable bonds is 21. The van der Waals surface area contributed by atoms with Crippen molar-refractivity contribution < 1.29 is 33.1 Å². The van der Waals surface area contributed by atoms with E-state index in [1.807, 2.05) is 0 Å². The molecule has 0 rings (SSSR count). The van der Waals surface area contributed by atoms with Crippen LogP contribution in [0.1, 0.15) is 114 Å². The molecule has 0 aliphatic heterocycles. The molecule has 0 radical (unpaired) electrons. The lowest BCUT2D eigenvalue weighted by Crippen LogP contribution is -2.45. The van der Waals surface area contributed by atoms with E-state index in [1.54, 1.807) is 0 Å². The van der Waals surface area contributed by atoms with E-state index in [0.29, 0.717) is 6.42 Å². The molecule has 6 nitrogen and oxygen atoms in total. The average Bonchev–Trinajstić information content (AvgIpc) is 2.69. The third-order valence-corrected chi connectivity index (χ3v) is 5.40. The second-order valence-electron chi connectivity index (χ2n) is 9.44. The Bertz CT molecular complexity index is 555. The smallest absolute Gasteiger partial charge is 0.308 e. The van der Waals surface area contributed by atoms with Crippen molar-refractivity contribution in [2.45, 2.75) is 122 Å². The standard InChI is InChI=1S/C25H49NO5/c1-5-6-7-8-9-10-11-12-13-14-15-16-17-18-22(27)19-25(30)31-23(20-24(28)29)21-26(2,3)4/h22-23,27H,5-21H2,1-4H3/t22-,23-/m1/s1/i2D3. The predicted molar refractivity (Wildman–Crippen MR) is 123 cm³/mol. The largest absolute Gasteiger partial charge is 0.550 e. The number of quaternary nitrogens is 1. The minimum absolute atomic E-state index is 0.189. The zero-order chi connectivity index (χ0) is 26.0. The van der Waals surface area contributed by atoms with Crippen molar-refractivity contribution in [3.05, 3.63) is 0 Å². The first-order valence-corrected chi connectivity index (χ1v) is 12.3. The number of aliphatic hydroxyl groups is 1. The molecular formula is C25H49NO5. The van der Waals surface area contributed by atoms with Crippen molar-refractivity contribution in [2.24, 2.45) is 0 Å². The van der Waals surface area contributed by atoms with Crippen LogP contribution in [0.15, 0.2) is 0 Å². The maximum absolute atomic E-state index is 12.2. The van der Waals surface area contributed by atoms with Crippen LogP contribution in [0.2, 0.25) is 0 Å². The van der Waals surface area contributed by atoms with Gasteiger partial charge in [0.25, 0.3) is 0 Å². The molecule has 0 bridgehead atoms. The first kappa shape index (κ1) is 24.5. The van der Waals surface area contributed by atoms with E-state index >= 15 is 0 Å². The molecule has 6 heteroatoms. The molecule has 1 N–H and O–H groups in total. The lowest BCUT2D eigenvalue weighted by molar-refractivity contribution is -0.873. The Balaban J connectivity index is 4.00. The van der Waals surface area contributed by atoms with E-state index in [1.165, 1.54) is 78.3 Å². The molecule has 0 saturated carbocycles. The summed E-state index contributed by atoms with van der Waals surface area (Å²) in [6.45, 7) is -0.338. The Morgan fingerprint density at radius 3 is 1.84 bits per heavy atom. The van der Waals surface area contributed by atoms with Gasteiger partial charge in [-0.05, 0) is 6.42 Å². The zero-order valence-electron chi connectivity index (χ0n) is 23.2. The predicted octanol–water partition coefficient (Wildman–Crippen LogP) is 3.98. The van der Waals surface area contributed by atoms with Gasteiger partial charge < -0.3 is 24.2 Å². The molecule has 0 amide bonds. The van der Waals surface area contributed by atoms with Gasteiger partial charge in [-0.3, -0.25) is 4.79 Å². The maximum atomic E-state index is 12.2. The normalized spacial score (nSPS) is 15.5. The SMILES string of the molecule is [2H]C([2H])([2H])[N+](C)(C)C[C@@H](CC(=O)[O-])OC(=O)C[C@H](O)CCCCCCCCCCCCCCC. The van der Waals surface area contributed by atoms with Crippen LogP contribution in [0.25, 0.3) is 0 Å². The summed E-state index contributed by atoms with van der Waals surface area (Å²) in [4.78, 5) is 23.2. The fraction of sp³-hybridized carbons (Fsp3) is 0.920. The van der Waals surface area contributed by atoms with Crippen LogP contribution in [0.5, 0.6) is 0 Å². The van der Waals surface area contributed by atoms with E-state index in [2.05, 4.69) is 6.92 Å². The fourth-order valence-electron chi connectivity index (χ4n) is 3.76. The van der Waals surface area contributed by atoms with Gasteiger partial charge in [0.15, 0.2) is 6.10 Å². The van der Waals surface area contributed by atoms with Gasteiger partial charge in [0.1, 0.15) is 6.54 Å². The molecule has 184 valence electrons. The number of aliphatic carboxylic acids is 1. The number of likely N-dealkylation sites (N-methyl/N-ethyl adjacent to an activating group) is 1. The van der Waals surface area contributed by atoms with Crippen molar-refractivity contribution in [1.29, 1.82) is 0 Å². The van der Waals surface area contributed by atoms with E-state index in [9.17, 15) is 19.8 Å². The van der Waals surface area contributed by atoms with Gasteiger partial charge in [0.2, 0.25) is 0 Å². The number of nitrogens with zero attached hydrogens (tertiary/aromatic N) is 1. The molecule has 0 aromatic carbocycles. The van der Waals surface area contributed by atoms with Gasteiger partial charge in [-0.2, -0.15) is 0 Å². The molecule has 0 heterocycles. The number of unbranched alkanes of at least 4 members (excludes halogenated alkanes) is 12. The van der Waals surface area contributed by atoms with Crippen molar-refractivity contribution in [1.82, 2.24) is 0 Å². The van der Waals surface area contributed by atoms with Crippen molar-refractivity contribution in [3.8, 4) is 0 Å². The van der Waals surface area contributed by atoms with Gasteiger partial charge in [0, 0.05) is 12.4 Å². The molecule has 0 aromatic heterocycles. The van der Waals surface area contributed by atoms with Crippen LogP contribution in [-0.2, 0) is 14.3 Å². The van der Waals surface area contributed by atoms with Crippen LogP contribution in [0, 0.1) is 0 Å². The Morgan fingerprint density at radius 2 is 1.39 bits per heavy atom. The Kier molecular flexibility index (Phi) is 14.6. The van der Waals surface area contributed by atoms with Crippen LogP contribution >= 0.6 is 0 Å². The quantitative estimate of drug-likeness (QED) is 0.164. The highest BCUT2D eigenvalue weighted by atomic mass is 16.5. The van der Waals surface area contributed by atoms with E-state index in [0.717, 1.165) is 19.3 Å². The molecule has 0 spiro atoms. The number of carbonyl (C=O) groups excluding carboxylic acids is 2. The lowest BCUT2D eigenvalue weighted by Gasteiger charge is -2.29. The number of esters is 1. The topological polar surface area (TPSA) is 86.7 Å². The molecule has 0 saturated heterocycles. The van der Waals surface area contributed by atoms with Crippen LogP contribution in [0.3, 0.4) is 0 Å². The molecule has 0 unspecified atom stereocenters. The minimum Gasteiger partial charge on any atom is -0.550 e. The van der Waals surface area contributed by atoms with Crippen LogP contribution in [0.4, 0.5) is 0 Å². The number of hydrogen-bond donors (Lipinski definition) is 1. The Morgan fingerprint density at radius 1 is 0.903 bits per heavy atom. The van der Waals surface area contributed by atoms with Gasteiger partial charge >= 0.3 is 5.97 Å². The zero-order valence-corrected chi connectivity index (χ0v) is 20.2. The lowest BCUT2D eigenvalue weighted by atomic mass is 10.0. The Labute approximate surface area is 195 Å². The van der Waals surface area contributed by atoms with Gasteiger partial charge in [-0.1, -0.05) is 90.4 Å². The van der Waals surface area contributed by atoms with Crippen molar-refractivity contribution in [3.63, 3.8) is 0 Å². The number of carboxylic acid groups (broad SMARTS) is 1. The fourth-order valence-corrected chi connectivity index (χ4v) is 3.76. The summed E-state index contributed by atoms with van der Waals surface area (Å²) in [6.07, 6.45) is 13.7. The van der Waals surface area contributed by atoms with Crippen LogP contribution < -0.4 is 5.11 Å². The average molecular weight is 447 g/mol. The molecule has 0 aliphatic carbocycles. The third kappa shape index (κ3) is 21.9. The summed E-state index contributed by atoms with van der Waals surface area (Å²) >= 11 is 0. The monoisotopic (exact) mass is 446 g/mol. The second kappa shape index (κ2) is 18.4. The van der Waals surface area contributed by atoms with Gasteiger partial charge in [0.05, 0.1) is 37.7 Å². The highest BCUT2D eigenvalue weighted by Gasteiger charge is 2.23. The molecule has 2 atom stereocenters. The highest BCUT2D eigenvalue weighted by molar-refractivity contribution is 5.71. The maximum Gasteiger partial charge on any atom is 0.308 e. The van der Waals surface area contributed by atoms with Crippen molar-refractivity contribution >= 4 is 11.9 Å². The third-order valence-electron chi connectivity index (χ3n) is 5.40. The Hall–Kier alpha value is -1.14. The first-order valence-electron chi connectivity index (χ1n) is 13.8. The molecule has 31 heavy (non-hydrogen) atoms. The van der Waals surface area contributed by atoms with Crippen LogP contribution in [-0.4, -0.2) is 61.4 Å². The first-order chi connectivity index (χ1) is 15.9. The number of carboxylic acids is 1. The summed E-state index contributed by atoms with van der Waals surface area (Å²) < 4.78 is 27.4. The van der Waals surface area contributed by atoms with E-state index < -0.39 is 42.0 Å². The number of hydrogen-bond acceptors (Lipinski definition) is 5. The second-order valence-corrected chi connectivity index (χ2v) is 9.44. The number of ether oxygens (including phenoxy) is 1. The molecule has 0 fully saturated rings. The molecular weight excluding hydrogens is 394 g/mol.